The quantitative estimate of drug-likeness (QED) is 0.527. The summed E-state index contributed by atoms with van der Waals surface area (Å²) in [4.78, 5) is 17.0. The topological polar surface area (TPSA) is 34.9 Å². The Bertz CT molecular complexity index is 901. The number of aromatic nitrogens is 2. The fourth-order valence-corrected chi connectivity index (χ4v) is 2.75. The average Bonchev–Trinajstić information content (AvgIpc) is 2.90. The number of benzene rings is 2. The van der Waals surface area contributed by atoms with E-state index in [2.05, 4.69) is 4.98 Å². The molecule has 4 rings (SSSR count). The van der Waals surface area contributed by atoms with E-state index in [0.717, 1.165) is 21.8 Å². The number of carbonyl (C=O) groups is 1. The summed E-state index contributed by atoms with van der Waals surface area (Å²) in [5, 5.41) is 2.11. The number of hydrogen-bond donors (Lipinski definition) is 0. The van der Waals surface area contributed by atoms with E-state index in [-0.39, 0.29) is 5.91 Å². The van der Waals surface area contributed by atoms with Crippen molar-refractivity contribution in [2.45, 2.75) is 0 Å². The summed E-state index contributed by atoms with van der Waals surface area (Å²) in [6.07, 6.45) is 3.50. The van der Waals surface area contributed by atoms with Crippen LogP contribution >= 0.6 is 0 Å². The zero-order valence-corrected chi connectivity index (χ0v) is 11.2. The maximum Gasteiger partial charge on any atom is 0.262 e. The van der Waals surface area contributed by atoms with Gasteiger partial charge in [-0.05, 0) is 24.3 Å². The molecule has 21 heavy (non-hydrogen) atoms. The molecule has 3 heteroatoms. The predicted molar refractivity (Wildman–Crippen MR) is 83.4 cm³/mol. The molecule has 0 atom stereocenters. The maximum atomic E-state index is 12.9. The van der Waals surface area contributed by atoms with Crippen molar-refractivity contribution in [3.05, 3.63) is 78.6 Å². The van der Waals surface area contributed by atoms with Crippen molar-refractivity contribution < 1.29 is 4.79 Å². The van der Waals surface area contributed by atoms with Gasteiger partial charge in [0.25, 0.3) is 5.91 Å². The van der Waals surface area contributed by atoms with Crippen LogP contribution in [0.25, 0.3) is 21.8 Å². The van der Waals surface area contributed by atoms with Crippen molar-refractivity contribution in [3.63, 3.8) is 0 Å². The molecule has 2 heterocycles. The lowest BCUT2D eigenvalue weighted by molar-refractivity contribution is 0.0969. The summed E-state index contributed by atoms with van der Waals surface area (Å²) in [6.45, 7) is 0. The standard InChI is InChI=1S/C18H12N2O/c21-18(13-6-2-1-3-7-13)20-16-9-5-4-8-14(16)15-10-11-19-12-17(15)20/h1-12H. The Morgan fingerprint density at radius 1 is 0.810 bits per heavy atom. The lowest BCUT2D eigenvalue weighted by Gasteiger charge is -2.05. The van der Waals surface area contributed by atoms with Gasteiger partial charge in [0.1, 0.15) is 0 Å². The highest BCUT2D eigenvalue weighted by atomic mass is 16.2. The van der Waals surface area contributed by atoms with Gasteiger partial charge >= 0.3 is 0 Å². The van der Waals surface area contributed by atoms with E-state index in [4.69, 9.17) is 0 Å². The second-order valence-electron chi connectivity index (χ2n) is 4.92. The second-order valence-corrected chi connectivity index (χ2v) is 4.92. The van der Waals surface area contributed by atoms with Crippen LogP contribution in [0.15, 0.2) is 73.1 Å². The van der Waals surface area contributed by atoms with Crippen LogP contribution < -0.4 is 0 Å². The summed E-state index contributed by atoms with van der Waals surface area (Å²) in [7, 11) is 0. The van der Waals surface area contributed by atoms with Gasteiger partial charge in [0.05, 0.1) is 17.2 Å². The van der Waals surface area contributed by atoms with Gasteiger partial charge in [-0.25, -0.2) is 0 Å². The average molecular weight is 272 g/mol. The lowest BCUT2D eigenvalue weighted by Crippen LogP contribution is -2.11. The van der Waals surface area contributed by atoms with Gasteiger partial charge < -0.3 is 0 Å². The van der Waals surface area contributed by atoms with E-state index in [9.17, 15) is 4.79 Å². The van der Waals surface area contributed by atoms with E-state index in [0.29, 0.717) is 5.56 Å². The Morgan fingerprint density at radius 2 is 1.52 bits per heavy atom. The van der Waals surface area contributed by atoms with Gasteiger partial charge in [0.15, 0.2) is 0 Å². The first kappa shape index (κ1) is 11.9. The minimum Gasteiger partial charge on any atom is -0.274 e. The number of hydrogen-bond acceptors (Lipinski definition) is 2. The molecule has 0 aliphatic rings. The number of carbonyl (C=O) groups excluding carboxylic acids is 1. The summed E-state index contributed by atoms with van der Waals surface area (Å²) >= 11 is 0. The van der Waals surface area contributed by atoms with Gasteiger partial charge in [-0.3, -0.25) is 14.3 Å². The van der Waals surface area contributed by atoms with Crippen LogP contribution in [0.1, 0.15) is 10.4 Å². The van der Waals surface area contributed by atoms with Gasteiger partial charge in [-0.2, -0.15) is 0 Å². The molecule has 0 saturated carbocycles. The van der Waals surface area contributed by atoms with Gasteiger partial charge in [0, 0.05) is 22.5 Å². The molecule has 0 saturated heterocycles. The molecule has 3 nitrogen and oxygen atoms in total. The summed E-state index contributed by atoms with van der Waals surface area (Å²) < 4.78 is 1.74. The molecule has 0 radical (unpaired) electrons. The first-order chi connectivity index (χ1) is 10.4. The minimum absolute atomic E-state index is 0.0326. The van der Waals surface area contributed by atoms with Crippen molar-refractivity contribution in [1.29, 1.82) is 0 Å². The Labute approximate surface area is 121 Å². The van der Waals surface area contributed by atoms with Crippen LogP contribution in [0.4, 0.5) is 0 Å². The number of pyridine rings is 1. The Kier molecular flexibility index (Phi) is 2.57. The number of nitrogens with zero attached hydrogens (tertiary/aromatic N) is 2. The van der Waals surface area contributed by atoms with E-state index in [1.807, 2.05) is 60.7 Å². The summed E-state index contributed by atoms with van der Waals surface area (Å²) in [6, 6.07) is 19.2. The van der Waals surface area contributed by atoms with Crippen molar-refractivity contribution >= 4 is 27.7 Å². The number of para-hydroxylation sites is 1. The molecule has 4 aromatic rings. The van der Waals surface area contributed by atoms with Gasteiger partial charge in [-0.15, -0.1) is 0 Å². The third-order valence-electron chi connectivity index (χ3n) is 3.70. The normalized spacial score (nSPS) is 11.0. The SMILES string of the molecule is O=C(c1ccccc1)n1c2ccccc2c2ccncc21. The zero-order valence-electron chi connectivity index (χ0n) is 11.2. The fourth-order valence-electron chi connectivity index (χ4n) is 2.75. The third-order valence-corrected chi connectivity index (χ3v) is 3.70. The summed E-state index contributed by atoms with van der Waals surface area (Å²) in [5.74, 6) is -0.0326. The highest BCUT2D eigenvalue weighted by Gasteiger charge is 2.16. The van der Waals surface area contributed by atoms with Crippen molar-refractivity contribution in [1.82, 2.24) is 9.55 Å². The summed E-state index contributed by atoms with van der Waals surface area (Å²) in [5.41, 5.74) is 2.42. The molecule has 0 aliphatic heterocycles. The lowest BCUT2D eigenvalue weighted by atomic mass is 10.2. The maximum absolute atomic E-state index is 12.9. The minimum atomic E-state index is -0.0326. The molecule has 2 aromatic heterocycles. The molecule has 0 unspecified atom stereocenters. The molecular weight excluding hydrogens is 260 g/mol. The smallest absolute Gasteiger partial charge is 0.262 e. The molecule has 0 fully saturated rings. The Morgan fingerprint density at radius 3 is 2.38 bits per heavy atom. The van der Waals surface area contributed by atoms with E-state index >= 15 is 0 Å². The molecule has 0 bridgehead atoms. The first-order valence-corrected chi connectivity index (χ1v) is 6.79. The van der Waals surface area contributed by atoms with Crippen LogP contribution in [0, 0.1) is 0 Å². The fraction of sp³-hybridized carbons (Fsp3) is 0. The van der Waals surface area contributed by atoms with Crippen LogP contribution in [-0.4, -0.2) is 15.5 Å². The molecule has 0 spiro atoms. The van der Waals surface area contributed by atoms with Crippen molar-refractivity contribution in [2.24, 2.45) is 0 Å². The van der Waals surface area contributed by atoms with Crippen LogP contribution in [0.2, 0.25) is 0 Å². The van der Waals surface area contributed by atoms with Gasteiger partial charge in [0.2, 0.25) is 0 Å². The monoisotopic (exact) mass is 272 g/mol. The highest BCUT2D eigenvalue weighted by Crippen LogP contribution is 2.28. The van der Waals surface area contributed by atoms with E-state index in [1.54, 1.807) is 17.0 Å². The molecule has 0 N–H and O–H groups in total. The number of rotatable bonds is 1. The second kappa shape index (κ2) is 4.56. The molecule has 2 aromatic carbocycles. The van der Waals surface area contributed by atoms with Crippen LogP contribution in [-0.2, 0) is 0 Å². The molecular formula is C18H12N2O. The van der Waals surface area contributed by atoms with Gasteiger partial charge in [-0.1, -0.05) is 36.4 Å². The van der Waals surface area contributed by atoms with Crippen LogP contribution in [0.3, 0.4) is 0 Å². The van der Waals surface area contributed by atoms with E-state index in [1.165, 1.54) is 0 Å². The molecule has 0 amide bonds. The number of fused-ring (bicyclic) bond motifs is 3. The van der Waals surface area contributed by atoms with Crippen LogP contribution in [0.5, 0.6) is 0 Å². The van der Waals surface area contributed by atoms with Crippen molar-refractivity contribution in [3.8, 4) is 0 Å². The Hall–Kier alpha value is -2.94. The van der Waals surface area contributed by atoms with E-state index < -0.39 is 0 Å². The third kappa shape index (κ3) is 1.75. The largest absolute Gasteiger partial charge is 0.274 e. The van der Waals surface area contributed by atoms with Crippen molar-refractivity contribution in [2.75, 3.05) is 0 Å². The zero-order chi connectivity index (χ0) is 14.2. The molecule has 100 valence electrons. The highest BCUT2D eigenvalue weighted by molar-refractivity contribution is 6.15. The Balaban J connectivity index is 2.09. The predicted octanol–water partition coefficient (Wildman–Crippen LogP) is 3.88. The molecule has 0 aliphatic carbocycles. The first-order valence-electron chi connectivity index (χ1n) is 6.79.